The van der Waals surface area contributed by atoms with Crippen molar-refractivity contribution in [1.29, 1.82) is 0 Å². The zero-order chi connectivity index (χ0) is 14.6. The van der Waals surface area contributed by atoms with Crippen molar-refractivity contribution < 1.29 is 14.1 Å². The average molecular weight is 296 g/mol. The minimum absolute atomic E-state index is 0.325. The largest absolute Gasteiger partial charge is 0.464 e. The van der Waals surface area contributed by atoms with Crippen molar-refractivity contribution in [2.45, 2.75) is 45.1 Å². The Balaban J connectivity index is 2.40. The molecule has 1 N–H and O–H groups in total. The van der Waals surface area contributed by atoms with Crippen LogP contribution in [0.3, 0.4) is 0 Å². The van der Waals surface area contributed by atoms with Crippen LogP contribution in [0.25, 0.3) is 0 Å². The second-order valence-electron chi connectivity index (χ2n) is 4.72. The molecule has 0 saturated heterocycles. The summed E-state index contributed by atoms with van der Waals surface area (Å²) >= 11 is 0. The van der Waals surface area contributed by atoms with Gasteiger partial charge >= 0.3 is 14.6 Å². The second-order valence-corrected chi connectivity index (χ2v) is 5.21. The molecule has 0 heterocycles. The number of hydrogen-bond acceptors (Lipinski definition) is 3. The molecular weight excluding hydrogens is 273 g/mol. The lowest BCUT2D eigenvalue weighted by Crippen LogP contribution is -2.35. The zero-order valence-electron chi connectivity index (χ0n) is 11.9. The van der Waals surface area contributed by atoms with Gasteiger partial charge in [-0.15, -0.1) is 0 Å². The summed E-state index contributed by atoms with van der Waals surface area (Å²) in [6, 6.07) is 9.10. The molecule has 0 fully saturated rings. The number of nitrogens with one attached hydrogen (secondary N) is 1. The molecule has 0 spiro atoms. The monoisotopic (exact) mass is 296 g/mol. The molecule has 0 aliphatic heterocycles. The first-order valence-corrected chi connectivity index (χ1v) is 8.02. The van der Waals surface area contributed by atoms with Crippen molar-refractivity contribution in [3.05, 3.63) is 35.9 Å². The van der Waals surface area contributed by atoms with Crippen LogP contribution in [0.4, 0.5) is 0 Å². The number of carbonyl (C=O) groups is 1. The number of carbonyl (C=O) groups excluding carboxylic acids is 1. The lowest BCUT2D eigenvalue weighted by molar-refractivity contribution is -0.145. The highest BCUT2D eigenvalue weighted by molar-refractivity contribution is 7.21. The summed E-state index contributed by atoms with van der Waals surface area (Å²) in [7, 11) is -0.713. The van der Waals surface area contributed by atoms with E-state index >= 15 is 0 Å². The van der Waals surface area contributed by atoms with Crippen molar-refractivity contribution in [3.63, 3.8) is 0 Å². The van der Waals surface area contributed by atoms with E-state index in [0.29, 0.717) is 13.0 Å². The van der Waals surface area contributed by atoms with Crippen molar-refractivity contribution in [2.75, 3.05) is 6.61 Å². The molecule has 20 heavy (non-hydrogen) atoms. The third-order valence-corrected chi connectivity index (χ3v) is 3.51. The summed E-state index contributed by atoms with van der Waals surface area (Å²) in [5, 5.41) is 2.68. The fraction of sp³-hybridized carbons (Fsp3) is 0.533. The van der Waals surface area contributed by atoms with E-state index in [-0.39, 0.29) is 5.97 Å². The Labute approximate surface area is 122 Å². The van der Waals surface area contributed by atoms with Crippen LogP contribution in [0, 0.1) is 0 Å². The highest BCUT2D eigenvalue weighted by atomic mass is 31.1. The third kappa shape index (κ3) is 6.78. The van der Waals surface area contributed by atoms with Gasteiger partial charge in [0.25, 0.3) is 0 Å². The number of hydrogen-bond donors (Lipinski definition) is 1. The van der Waals surface area contributed by atoms with Gasteiger partial charge in [0.15, 0.2) is 6.04 Å². The van der Waals surface area contributed by atoms with Gasteiger partial charge in [-0.05, 0) is 12.0 Å². The van der Waals surface area contributed by atoms with E-state index in [1.54, 1.807) is 0 Å². The minimum atomic E-state index is -0.713. The maximum absolute atomic E-state index is 12.0. The van der Waals surface area contributed by atoms with Crippen LogP contribution < -0.4 is 5.09 Å². The Bertz CT molecular complexity index is 397. The normalized spacial score (nSPS) is 12.2. The molecular formula is C15H23NO3P+. The van der Waals surface area contributed by atoms with Crippen LogP contribution in [-0.4, -0.2) is 18.6 Å². The van der Waals surface area contributed by atoms with E-state index < -0.39 is 14.7 Å². The van der Waals surface area contributed by atoms with Crippen molar-refractivity contribution in [2.24, 2.45) is 0 Å². The minimum Gasteiger partial charge on any atom is -0.464 e. The second kappa shape index (κ2) is 10.5. The van der Waals surface area contributed by atoms with Gasteiger partial charge in [0.2, 0.25) is 0 Å². The van der Waals surface area contributed by atoms with Crippen LogP contribution in [0.1, 0.15) is 38.2 Å². The fourth-order valence-corrected chi connectivity index (χ4v) is 2.28. The Morgan fingerprint density at radius 2 is 2.00 bits per heavy atom. The molecule has 0 aliphatic rings. The predicted molar refractivity (Wildman–Crippen MR) is 81.2 cm³/mol. The summed E-state index contributed by atoms with van der Waals surface area (Å²) in [5.74, 6) is -0.325. The summed E-state index contributed by atoms with van der Waals surface area (Å²) in [5.41, 5.74) is 1.02. The summed E-state index contributed by atoms with van der Waals surface area (Å²) in [6.45, 7) is 2.58. The predicted octanol–water partition coefficient (Wildman–Crippen LogP) is 3.25. The van der Waals surface area contributed by atoms with Gasteiger partial charge in [0.05, 0.1) is 6.61 Å². The average Bonchev–Trinajstić information content (AvgIpc) is 2.47. The molecule has 0 aromatic heterocycles. The SMILES string of the molecule is CCCCCCOC(=O)[C@H](Cc1ccccc1)N[PH+]=O. The van der Waals surface area contributed by atoms with Gasteiger partial charge in [0.1, 0.15) is 0 Å². The molecule has 0 bridgehead atoms. The first kappa shape index (κ1) is 16.8. The maximum Gasteiger partial charge on any atom is 0.419 e. The molecule has 2 atom stereocenters. The first-order valence-electron chi connectivity index (χ1n) is 7.11. The highest BCUT2D eigenvalue weighted by Crippen LogP contribution is 2.07. The molecule has 1 rings (SSSR count). The summed E-state index contributed by atoms with van der Waals surface area (Å²) < 4.78 is 16.0. The molecule has 1 unspecified atom stereocenters. The number of unbranched alkanes of at least 4 members (excludes halogenated alkanes) is 3. The van der Waals surface area contributed by atoms with Crippen LogP contribution in [0.2, 0.25) is 0 Å². The summed E-state index contributed by atoms with van der Waals surface area (Å²) in [6.07, 6.45) is 4.76. The van der Waals surface area contributed by atoms with Gasteiger partial charge in [-0.1, -0.05) is 66.2 Å². The molecule has 0 saturated carbocycles. The molecule has 110 valence electrons. The highest BCUT2D eigenvalue weighted by Gasteiger charge is 2.23. The molecule has 1 aromatic rings. The maximum atomic E-state index is 12.0. The van der Waals surface area contributed by atoms with E-state index in [2.05, 4.69) is 12.0 Å². The lowest BCUT2D eigenvalue weighted by atomic mass is 10.1. The van der Waals surface area contributed by atoms with E-state index in [4.69, 9.17) is 4.74 Å². The molecule has 0 amide bonds. The Morgan fingerprint density at radius 3 is 2.65 bits per heavy atom. The topological polar surface area (TPSA) is 55.4 Å². The standard InChI is InChI=1S/C15H22NO3P/c1-2-3-4-8-11-19-15(17)14(16-20-18)12-13-9-6-5-7-10-13/h5-7,9-10,14H,2-4,8,11-12H2,1H3,(H,16,18)/p+1/t14-/m0/s1. The fourth-order valence-electron chi connectivity index (χ4n) is 1.92. The molecule has 5 heteroatoms. The van der Waals surface area contributed by atoms with Crippen LogP contribution >= 0.6 is 8.61 Å². The molecule has 4 nitrogen and oxygen atoms in total. The van der Waals surface area contributed by atoms with E-state index in [0.717, 1.165) is 31.2 Å². The van der Waals surface area contributed by atoms with Crippen molar-refractivity contribution in [1.82, 2.24) is 5.09 Å². The van der Waals surface area contributed by atoms with Gasteiger partial charge in [-0.3, -0.25) is 4.79 Å². The number of esters is 1. The Hall–Kier alpha value is -1.25. The smallest absolute Gasteiger partial charge is 0.419 e. The molecule has 0 aliphatic carbocycles. The van der Waals surface area contributed by atoms with E-state index in [1.165, 1.54) is 0 Å². The lowest BCUT2D eigenvalue weighted by Gasteiger charge is -2.12. The van der Waals surface area contributed by atoms with Crippen LogP contribution in [0.15, 0.2) is 30.3 Å². The zero-order valence-corrected chi connectivity index (χ0v) is 12.9. The molecule has 1 aromatic carbocycles. The van der Waals surface area contributed by atoms with Gasteiger partial charge in [-0.25, -0.2) is 0 Å². The van der Waals surface area contributed by atoms with Crippen molar-refractivity contribution in [3.8, 4) is 0 Å². The van der Waals surface area contributed by atoms with Gasteiger partial charge in [-0.2, -0.15) is 0 Å². The van der Waals surface area contributed by atoms with Gasteiger partial charge in [0, 0.05) is 6.42 Å². The number of ether oxygens (including phenoxy) is 1. The summed E-state index contributed by atoms with van der Waals surface area (Å²) in [4.78, 5) is 12.0. The Morgan fingerprint density at radius 1 is 1.25 bits per heavy atom. The number of rotatable bonds is 10. The van der Waals surface area contributed by atoms with Gasteiger partial charge < -0.3 is 4.74 Å². The van der Waals surface area contributed by atoms with Crippen LogP contribution in [0.5, 0.6) is 0 Å². The number of benzene rings is 1. The van der Waals surface area contributed by atoms with Crippen molar-refractivity contribution >= 4 is 14.6 Å². The first-order chi connectivity index (χ1) is 9.77. The Kier molecular flexibility index (Phi) is 8.84. The quantitative estimate of drug-likeness (QED) is 0.409. The van der Waals surface area contributed by atoms with E-state index in [1.807, 2.05) is 30.3 Å². The molecule has 0 radical (unpaired) electrons. The third-order valence-electron chi connectivity index (χ3n) is 3.04. The van der Waals surface area contributed by atoms with E-state index in [9.17, 15) is 9.36 Å². The van der Waals surface area contributed by atoms with Crippen LogP contribution in [-0.2, 0) is 20.5 Å².